The molecule has 2 rings (SSSR count). The van der Waals surface area contributed by atoms with Gasteiger partial charge in [0, 0.05) is 18.8 Å². The summed E-state index contributed by atoms with van der Waals surface area (Å²) in [5.41, 5.74) is 0.0370. The van der Waals surface area contributed by atoms with Crippen LogP contribution in [0.1, 0.15) is 10.4 Å². The second-order valence-corrected chi connectivity index (χ2v) is 3.58. The van der Waals surface area contributed by atoms with Crippen molar-refractivity contribution in [2.24, 2.45) is 0 Å². The molecule has 2 aromatic rings. The normalized spacial score (nSPS) is 10.3. The minimum Gasteiger partial charge on any atom is -0.507 e. The Kier molecular flexibility index (Phi) is 3.52. The molecular weight excluding hydrogens is 239 g/mol. The Morgan fingerprint density at radius 1 is 1.50 bits per heavy atom. The molecule has 0 radical (unpaired) electrons. The first-order valence-electron chi connectivity index (χ1n) is 5.27. The lowest BCUT2D eigenvalue weighted by Gasteiger charge is -2.06. The van der Waals surface area contributed by atoms with Gasteiger partial charge in [-0.3, -0.25) is 9.48 Å². The van der Waals surface area contributed by atoms with Gasteiger partial charge in [0.15, 0.2) is 0 Å². The minimum atomic E-state index is -0.591. The molecule has 0 bridgehead atoms. The van der Waals surface area contributed by atoms with Gasteiger partial charge in [-0.2, -0.15) is 0 Å². The lowest BCUT2D eigenvalue weighted by Crippen LogP contribution is -2.27. The fraction of sp³-hybridized carbons (Fsp3) is 0.182. The van der Waals surface area contributed by atoms with Crippen LogP contribution in [0.25, 0.3) is 0 Å². The first-order valence-corrected chi connectivity index (χ1v) is 5.27. The quantitative estimate of drug-likeness (QED) is 0.830. The zero-order chi connectivity index (χ0) is 13.0. The molecule has 1 aromatic heterocycles. The third-order valence-electron chi connectivity index (χ3n) is 2.30. The summed E-state index contributed by atoms with van der Waals surface area (Å²) < 4.78 is 14.3. The molecule has 7 heteroatoms. The number of nitrogens with one attached hydrogen (secondary N) is 1. The van der Waals surface area contributed by atoms with Crippen molar-refractivity contribution in [2.75, 3.05) is 6.54 Å². The largest absolute Gasteiger partial charge is 0.507 e. The highest BCUT2D eigenvalue weighted by molar-refractivity contribution is 5.96. The molecule has 0 spiro atoms. The van der Waals surface area contributed by atoms with Crippen molar-refractivity contribution in [3.05, 3.63) is 42.0 Å². The van der Waals surface area contributed by atoms with Crippen LogP contribution in [0.15, 0.2) is 30.6 Å². The van der Waals surface area contributed by atoms with Crippen LogP contribution in [0.3, 0.4) is 0 Å². The number of carbonyl (C=O) groups is 1. The van der Waals surface area contributed by atoms with E-state index >= 15 is 0 Å². The Morgan fingerprint density at radius 2 is 2.33 bits per heavy atom. The van der Waals surface area contributed by atoms with Crippen molar-refractivity contribution in [1.29, 1.82) is 0 Å². The Hall–Kier alpha value is -2.44. The van der Waals surface area contributed by atoms with Crippen molar-refractivity contribution in [3.63, 3.8) is 0 Å². The molecule has 0 fully saturated rings. The summed E-state index contributed by atoms with van der Waals surface area (Å²) in [6.07, 6.45) is 3.20. The van der Waals surface area contributed by atoms with Crippen molar-refractivity contribution >= 4 is 5.91 Å². The molecule has 0 aliphatic carbocycles. The number of phenolic OH excluding ortho intramolecular Hbond substituents is 1. The van der Waals surface area contributed by atoms with Gasteiger partial charge >= 0.3 is 0 Å². The monoisotopic (exact) mass is 250 g/mol. The Morgan fingerprint density at radius 3 is 3.00 bits per heavy atom. The first-order chi connectivity index (χ1) is 8.66. The highest BCUT2D eigenvalue weighted by atomic mass is 19.1. The van der Waals surface area contributed by atoms with Crippen LogP contribution >= 0.6 is 0 Å². The molecule has 0 saturated heterocycles. The zero-order valence-corrected chi connectivity index (χ0v) is 9.38. The molecule has 0 unspecified atom stereocenters. The highest BCUT2D eigenvalue weighted by Gasteiger charge is 2.11. The smallest absolute Gasteiger partial charge is 0.255 e. The van der Waals surface area contributed by atoms with E-state index in [0.717, 1.165) is 12.1 Å². The van der Waals surface area contributed by atoms with E-state index in [0.29, 0.717) is 13.1 Å². The minimum absolute atomic E-state index is 0.0370. The Balaban J connectivity index is 1.91. The molecule has 1 heterocycles. The summed E-state index contributed by atoms with van der Waals surface area (Å²) in [6, 6.07) is 3.24. The predicted octanol–water partition coefficient (Wildman–Crippen LogP) is 0.553. The van der Waals surface area contributed by atoms with Crippen LogP contribution < -0.4 is 5.32 Å². The summed E-state index contributed by atoms with van der Waals surface area (Å²) >= 11 is 0. The van der Waals surface area contributed by atoms with Crippen molar-refractivity contribution in [3.8, 4) is 5.75 Å². The number of hydrogen-bond acceptors (Lipinski definition) is 4. The molecule has 1 aromatic carbocycles. The van der Waals surface area contributed by atoms with E-state index in [9.17, 15) is 14.3 Å². The number of phenols is 1. The van der Waals surface area contributed by atoms with Crippen LogP contribution in [-0.2, 0) is 6.54 Å². The van der Waals surface area contributed by atoms with Crippen molar-refractivity contribution in [2.45, 2.75) is 6.54 Å². The molecular formula is C11H11FN4O2. The van der Waals surface area contributed by atoms with Gasteiger partial charge in [-0.25, -0.2) is 4.39 Å². The van der Waals surface area contributed by atoms with E-state index in [1.807, 2.05) is 0 Å². The number of aromatic nitrogens is 3. The fourth-order valence-electron chi connectivity index (χ4n) is 1.43. The van der Waals surface area contributed by atoms with Crippen LogP contribution in [-0.4, -0.2) is 32.6 Å². The number of hydrogen-bond donors (Lipinski definition) is 2. The van der Waals surface area contributed by atoms with Crippen LogP contribution in [0.4, 0.5) is 4.39 Å². The number of carbonyl (C=O) groups excluding carboxylic acids is 1. The number of rotatable bonds is 4. The van der Waals surface area contributed by atoms with E-state index < -0.39 is 11.7 Å². The first kappa shape index (κ1) is 12.0. The van der Waals surface area contributed by atoms with Gasteiger partial charge in [0.2, 0.25) is 0 Å². The van der Waals surface area contributed by atoms with Gasteiger partial charge in [-0.1, -0.05) is 5.21 Å². The third-order valence-corrected chi connectivity index (χ3v) is 2.30. The van der Waals surface area contributed by atoms with Crippen molar-refractivity contribution < 1.29 is 14.3 Å². The van der Waals surface area contributed by atoms with Crippen LogP contribution in [0, 0.1) is 5.82 Å². The summed E-state index contributed by atoms with van der Waals surface area (Å²) in [7, 11) is 0. The maximum atomic E-state index is 12.7. The third kappa shape index (κ3) is 2.82. The van der Waals surface area contributed by atoms with E-state index in [-0.39, 0.29) is 11.3 Å². The summed E-state index contributed by atoms with van der Waals surface area (Å²) in [4.78, 5) is 11.7. The van der Waals surface area contributed by atoms with Gasteiger partial charge in [0.05, 0.1) is 18.3 Å². The molecule has 1 amide bonds. The summed E-state index contributed by atoms with van der Waals surface area (Å²) in [5.74, 6) is -1.44. The number of benzene rings is 1. The summed E-state index contributed by atoms with van der Waals surface area (Å²) in [5, 5.41) is 19.4. The molecule has 94 valence electrons. The average molecular weight is 250 g/mol. The molecule has 0 saturated carbocycles. The molecule has 18 heavy (non-hydrogen) atoms. The molecule has 0 aliphatic rings. The molecule has 6 nitrogen and oxygen atoms in total. The van der Waals surface area contributed by atoms with E-state index in [4.69, 9.17) is 0 Å². The average Bonchev–Trinajstić information content (AvgIpc) is 2.81. The fourth-order valence-corrected chi connectivity index (χ4v) is 1.43. The van der Waals surface area contributed by atoms with Gasteiger partial charge in [0.25, 0.3) is 5.91 Å². The van der Waals surface area contributed by atoms with Crippen LogP contribution in [0.2, 0.25) is 0 Å². The lowest BCUT2D eigenvalue weighted by atomic mass is 10.2. The van der Waals surface area contributed by atoms with E-state index in [1.165, 1.54) is 12.3 Å². The Bertz CT molecular complexity index is 542. The maximum absolute atomic E-state index is 12.7. The standard InChI is InChI=1S/C11H11FN4O2/c12-8-1-2-9(10(17)7-8)11(18)13-3-5-16-6-4-14-15-16/h1-2,4,6-7,17H,3,5H2,(H,13,18). The second-order valence-electron chi connectivity index (χ2n) is 3.58. The van der Waals surface area contributed by atoms with E-state index in [1.54, 1.807) is 10.9 Å². The van der Waals surface area contributed by atoms with Crippen LogP contribution in [0.5, 0.6) is 5.75 Å². The van der Waals surface area contributed by atoms with E-state index in [2.05, 4.69) is 15.6 Å². The molecule has 0 aliphatic heterocycles. The number of nitrogens with zero attached hydrogens (tertiary/aromatic N) is 3. The predicted molar refractivity (Wildman–Crippen MR) is 60.4 cm³/mol. The number of amides is 1. The van der Waals surface area contributed by atoms with Gasteiger partial charge in [0.1, 0.15) is 11.6 Å². The number of aromatic hydroxyl groups is 1. The van der Waals surface area contributed by atoms with Gasteiger partial charge in [-0.15, -0.1) is 5.10 Å². The summed E-state index contributed by atoms with van der Waals surface area (Å²) in [6.45, 7) is 0.798. The molecule has 2 N–H and O–H groups in total. The number of halogens is 1. The SMILES string of the molecule is O=C(NCCn1ccnn1)c1ccc(F)cc1O. The maximum Gasteiger partial charge on any atom is 0.255 e. The van der Waals surface area contributed by atoms with Gasteiger partial charge in [-0.05, 0) is 12.1 Å². The highest BCUT2D eigenvalue weighted by Crippen LogP contribution is 2.17. The topological polar surface area (TPSA) is 80.0 Å². The Labute approximate surface area is 102 Å². The zero-order valence-electron chi connectivity index (χ0n) is 9.38. The van der Waals surface area contributed by atoms with Gasteiger partial charge < -0.3 is 10.4 Å². The second kappa shape index (κ2) is 5.26. The lowest BCUT2D eigenvalue weighted by molar-refractivity contribution is 0.0949. The van der Waals surface area contributed by atoms with Crippen molar-refractivity contribution in [1.82, 2.24) is 20.3 Å². The molecule has 0 atom stereocenters.